The van der Waals surface area contributed by atoms with E-state index in [1.165, 1.54) is 18.2 Å². The molecule has 2 heterocycles. The highest BCUT2D eigenvalue weighted by Crippen LogP contribution is 2.12. The van der Waals surface area contributed by atoms with Crippen molar-refractivity contribution in [2.24, 2.45) is 0 Å². The van der Waals surface area contributed by atoms with Gasteiger partial charge in [0, 0.05) is 41.5 Å². The third-order valence-corrected chi connectivity index (χ3v) is 3.99. The molecule has 0 aliphatic heterocycles. The number of H-pyrrole nitrogens is 2. The molecule has 2 aromatic heterocycles. The number of pyridine rings is 1. The molecule has 8 heteroatoms. The Bertz CT molecular complexity index is 818. The molecule has 0 aliphatic carbocycles. The second-order valence-corrected chi connectivity index (χ2v) is 5.80. The quantitative estimate of drug-likeness (QED) is 0.475. The van der Waals surface area contributed by atoms with E-state index in [-0.39, 0.29) is 5.43 Å². The maximum Gasteiger partial charge on any atom is 0.189 e. The molecule has 0 radical (unpaired) electrons. The van der Waals surface area contributed by atoms with Gasteiger partial charge in [-0.05, 0) is 18.2 Å². The molecule has 0 aliphatic rings. The van der Waals surface area contributed by atoms with Gasteiger partial charge in [-0.15, -0.1) is 16.9 Å². The lowest BCUT2D eigenvalue weighted by molar-refractivity contribution is 0.629. The summed E-state index contributed by atoms with van der Waals surface area (Å²) in [6.07, 6.45) is 1.67. The lowest BCUT2D eigenvalue weighted by Crippen LogP contribution is -2.19. The molecule has 0 spiro atoms. The summed E-state index contributed by atoms with van der Waals surface area (Å²) >= 11 is 1.59. The number of nitrogens with one attached hydrogen (secondary N) is 3. The first kappa shape index (κ1) is 14.7. The second kappa shape index (κ2) is 6.71. The highest BCUT2D eigenvalue weighted by molar-refractivity contribution is 7.99. The Labute approximate surface area is 129 Å². The molecule has 0 unspecified atom stereocenters. The lowest BCUT2D eigenvalue weighted by Gasteiger charge is -2.06. The predicted molar refractivity (Wildman–Crippen MR) is 83.3 cm³/mol. The van der Waals surface area contributed by atoms with Gasteiger partial charge in [0.15, 0.2) is 5.43 Å². The Morgan fingerprint density at radius 1 is 1.32 bits per heavy atom. The van der Waals surface area contributed by atoms with E-state index in [0.29, 0.717) is 17.4 Å². The molecule has 0 saturated heterocycles. The van der Waals surface area contributed by atoms with Crippen LogP contribution in [0, 0.1) is 5.82 Å². The third-order valence-electron chi connectivity index (χ3n) is 3.08. The Morgan fingerprint density at radius 2 is 2.23 bits per heavy atom. The zero-order chi connectivity index (χ0) is 15.4. The fourth-order valence-corrected chi connectivity index (χ4v) is 2.77. The molecule has 3 N–H and O–H groups in total. The molecule has 22 heavy (non-hydrogen) atoms. The number of aromatic nitrogens is 4. The predicted octanol–water partition coefficient (Wildman–Crippen LogP) is 1.67. The summed E-state index contributed by atoms with van der Waals surface area (Å²) < 4.78 is 13.1. The molecule has 0 bridgehead atoms. The van der Waals surface area contributed by atoms with Crippen LogP contribution in [0.3, 0.4) is 0 Å². The van der Waals surface area contributed by atoms with Gasteiger partial charge in [0.05, 0.1) is 6.20 Å². The summed E-state index contributed by atoms with van der Waals surface area (Å²) in [6, 6.07) is 5.67. The molecule has 0 atom stereocenters. The van der Waals surface area contributed by atoms with Gasteiger partial charge in [-0.1, -0.05) is 0 Å². The number of fused-ring (bicyclic) bond motifs is 1. The number of hydrogen-bond donors (Lipinski definition) is 3. The molecule has 0 amide bonds. The summed E-state index contributed by atoms with van der Waals surface area (Å²) in [5, 5.41) is 14.7. The van der Waals surface area contributed by atoms with Crippen molar-refractivity contribution in [1.29, 1.82) is 0 Å². The van der Waals surface area contributed by atoms with Crippen LogP contribution in [0.4, 0.5) is 4.39 Å². The van der Waals surface area contributed by atoms with E-state index < -0.39 is 5.82 Å². The zero-order valence-corrected chi connectivity index (χ0v) is 12.4. The van der Waals surface area contributed by atoms with Crippen molar-refractivity contribution in [3.05, 3.63) is 52.2 Å². The summed E-state index contributed by atoms with van der Waals surface area (Å²) in [5.41, 5.74) is 1.24. The van der Waals surface area contributed by atoms with Crippen LogP contribution in [0.5, 0.6) is 0 Å². The largest absolute Gasteiger partial charge is 0.357 e. The van der Waals surface area contributed by atoms with Crippen molar-refractivity contribution in [3.8, 4) is 0 Å². The van der Waals surface area contributed by atoms with Crippen LogP contribution in [0.15, 0.2) is 40.3 Å². The normalized spacial score (nSPS) is 11.1. The molecule has 114 valence electrons. The zero-order valence-electron chi connectivity index (χ0n) is 11.6. The van der Waals surface area contributed by atoms with E-state index in [1.807, 2.05) is 0 Å². The molecule has 3 rings (SSSR count). The fourth-order valence-electron chi connectivity index (χ4n) is 2.08. The first-order chi connectivity index (χ1) is 10.7. The first-order valence-corrected chi connectivity index (χ1v) is 7.72. The average molecular weight is 319 g/mol. The maximum atomic E-state index is 13.1. The van der Waals surface area contributed by atoms with Gasteiger partial charge < -0.3 is 10.3 Å². The minimum absolute atomic E-state index is 0.179. The monoisotopic (exact) mass is 319 g/mol. The molecule has 6 nitrogen and oxygen atoms in total. The number of halogens is 1. The number of rotatable bonds is 6. The average Bonchev–Trinajstić information content (AvgIpc) is 3.01. The minimum atomic E-state index is -0.409. The summed E-state index contributed by atoms with van der Waals surface area (Å²) in [5.74, 6) is 0.434. The molecule has 0 fully saturated rings. The SMILES string of the molecule is O=c1cc(CNCCSc2cn[nH]n2)[nH]c2ccc(F)cc12. The molecular formula is C14H14FN5OS. The van der Waals surface area contributed by atoms with Crippen LogP contribution < -0.4 is 10.7 Å². The fraction of sp³-hybridized carbons (Fsp3) is 0.214. The number of nitrogens with zero attached hydrogens (tertiary/aromatic N) is 2. The van der Waals surface area contributed by atoms with Crippen LogP contribution in [0.1, 0.15) is 5.69 Å². The molecule has 3 aromatic rings. The van der Waals surface area contributed by atoms with Crippen LogP contribution in [-0.4, -0.2) is 32.7 Å². The van der Waals surface area contributed by atoms with Gasteiger partial charge in [0.2, 0.25) is 0 Å². The lowest BCUT2D eigenvalue weighted by atomic mass is 10.2. The number of thioether (sulfide) groups is 1. The van der Waals surface area contributed by atoms with E-state index in [4.69, 9.17) is 0 Å². The first-order valence-electron chi connectivity index (χ1n) is 6.73. The van der Waals surface area contributed by atoms with Crippen molar-refractivity contribution < 1.29 is 4.39 Å². The molecule has 1 aromatic carbocycles. The number of hydrogen-bond acceptors (Lipinski definition) is 5. The van der Waals surface area contributed by atoms with Crippen molar-refractivity contribution in [3.63, 3.8) is 0 Å². The van der Waals surface area contributed by atoms with Gasteiger partial charge in [-0.3, -0.25) is 4.79 Å². The van der Waals surface area contributed by atoms with Crippen LogP contribution >= 0.6 is 11.8 Å². The molecular weight excluding hydrogens is 305 g/mol. The Kier molecular flexibility index (Phi) is 4.50. The number of benzene rings is 1. The van der Waals surface area contributed by atoms with Crippen LogP contribution in [0.25, 0.3) is 10.9 Å². The van der Waals surface area contributed by atoms with E-state index in [9.17, 15) is 9.18 Å². The van der Waals surface area contributed by atoms with E-state index in [0.717, 1.165) is 23.0 Å². The van der Waals surface area contributed by atoms with Gasteiger partial charge >= 0.3 is 0 Å². The van der Waals surface area contributed by atoms with Crippen molar-refractivity contribution in [1.82, 2.24) is 25.7 Å². The van der Waals surface area contributed by atoms with E-state index >= 15 is 0 Å². The maximum absolute atomic E-state index is 13.1. The van der Waals surface area contributed by atoms with Gasteiger partial charge in [-0.25, -0.2) is 4.39 Å². The van der Waals surface area contributed by atoms with Gasteiger partial charge in [0.25, 0.3) is 0 Å². The Hall–Kier alpha value is -2.19. The third kappa shape index (κ3) is 3.52. The highest BCUT2D eigenvalue weighted by Gasteiger charge is 2.03. The Balaban J connectivity index is 1.57. The number of aromatic amines is 2. The van der Waals surface area contributed by atoms with Crippen molar-refractivity contribution >= 4 is 22.7 Å². The van der Waals surface area contributed by atoms with Crippen molar-refractivity contribution in [2.45, 2.75) is 11.6 Å². The standard InChI is InChI=1S/C14H14FN5OS/c15-9-1-2-12-11(5-9)13(21)6-10(18-12)7-16-3-4-22-14-8-17-20-19-14/h1-2,5-6,8,16H,3-4,7H2,(H,18,21)(H,17,19,20). The van der Waals surface area contributed by atoms with Gasteiger partial charge in [-0.2, -0.15) is 10.3 Å². The highest BCUT2D eigenvalue weighted by atomic mass is 32.2. The summed E-state index contributed by atoms with van der Waals surface area (Å²) in [7, 11) is 0. The van der Waals surface area contributed by atoms with Crippen LogP contribution in [0.2, 0.25) is 0 Å². The summed E-state index contributed by atoms with van der Waals surface area (Å²) in [4.78, 5) is 15.1. The second-order valence-electron chi connectivity index (χ2n) is 4.68. The Morgan fingerprint density at radius 3 is 3.05 bits per heavy atom. The van der Waals surface area contributed by atoms with E-state index in [2.05, 4.69) is 25.7 Å². The van der Waals surface area contributed by atoms with Crippen molar-refractivity contribution in [2.75, 3.05) is 12.3 Å². The topological polar surface area (TPSA) is 86.5 Å². The van der Waals surface area contributed by atoms with Crippen LogP contribution in [-0.2, 0) is 6.54 Å². The molecule has 0 saturated carbocycles. The van der Waals surface area contributed by atoms with Gasteiger partial charge in [0.1, 0.15) is 10.8 Å². The minimum Gasteiger partial charge on any atom is -0.357 e. The summed E-state index contributed by atoms with van der Waals surface area (Å²) in [6.45, 7) is 1.31. The van der Waals surface area contributed by atoms with E-state index in [1.54, 1.807) is 24.0 Å². The smallest absolute Gasteiger partial charge is 0.189 e.